The van der Waals surface area contributed by atoms with Crippen LogP contribution in [0.15, 0.2) is 0 Å². The molecule has 0 bridgehead atoms. The zero-order valence-electron chi connectivity index (χ0n) is 9.49. The molecule has 0 aliphatic carbocycles. The molecule has 0 saturated carbocycles. The van der Waals surface area contributed by atoms with Gasteiger partial charge < -0.3 is 36.0 Å². The molecule has 0 saturated heterocycles. The molecule has 0 radical (unpaired) electrons. The fourth-order valence-corrected chi connectivity index (χ4v) is 1.29. The van der Waals surface area contributed by atoms with Crippen LogP contribution in [0.5, 0.6) is 0 Å². The smallest absolute Gasteiger partial charge is 0.129 e. The number of hydrogen-bond donors (Lipinski definition) is 1. The Hall–Kier alpha value is 0.320. The van der Waals surface area contributed by atoms with Crippen molar-refractivity contribution in [1.82, 2.24) is 0 Å². The standard InChI is InChI=1S/C9H22NO3.BrH/c1-10(2,5-6-11)7-9(13-4)8-12-3;/h9,11H,5-8H2,1-4H3;1H/q+1;/p-1. The summed E-state index contributed by atoms with van der Waals surface area (Å²) in [6, 6.07) is 0. The molecule has 1 unspecified atom stereocenters. The summed E-state index contributed by atoms with van der Waals surface area (Å²) in [6.07, 6.45) is 0.103. The van der Waals surface area contributed by atoms with E-state index in [2.05, 4.69) is 14.1 Å². The van der Waals surface area contributed by atoms with Gasteiger partial charge in [-0.3, -0.25) is 0 Å². The fourth-order valence-electron chi connectivity index (χ4n) is 1.29. The molecule has 0 aromatic heterocycles. The van der Waals surface area contributed by atoms with E-state index in [4.69, 9.17) is 14.6 Å². The molecule has 0 heterocycles. The Morgan fingerprint density at radius 3 is 2.21 bits per heavy atom. The van der Waals surface area contributed by atoms with Crippen molar-refractivity contribution in [2.45, 2.75) is 6.10 Å². The number of halogens is 1. The second kappa shape index (κ2) is 8.61. The van der Waals surface area contributed by atoms with Crippen molar-refractivity contribution in [3.05, 3.63) is 0 Å². The van der Waals surface area contributed by atoms with Crippen LogP contribution in [0.4, 0.5) is 0 Å². The van der Waals surface area contributed by atoms with E-state index in [1.54, 1.807) is 14.2 Å². The Kier molecular flexibility index (Phi) is 10.3. The van der Waals surface area contributed by atoms with Gasteiger partial charge >= 0.3 is 0 Å². The second-order valence-electron chi connectivity index (χ2n) is 3.88. The van der Waals surface area contributed by atoms with Crippen molar-refractivity contribution in [3.63, 3.8) is 0 Å². The molecule has 0 rings (SSSR count). The predicted molar refractivity (Wildman–Crippen MR) is 51.6 cm³/mol. The molecule has 0 aromatic carbocycles. The van der Waals surface area contributed by atoms with Gasteiger partial charge in [0.2, 0.25) is 0 Å². The Morgan fingerprint density at radius 2 is 1.86 bits per heavy atom. The highest BCUT2D eigenvalue weighted by molar-refractivity contribution is 4.53. The van der Waals surface area contributed by atoms with Crippen molar-refractivity contribution in [2.24, 2.45) is 0 Å². The van der Waals surface area contributed by atoms with Crippen molar-refractivity contribution in [3.8, 4) is 0 Å². The number of rotatable bonds is 7. The van der Waals surface area contributed by atoms with Crippen molar-refractivity contribution in [2.75, 3.05) is 54.6 Å². The van der Waals surface area contributed by atoms with Crippen LogP contribution < -0.4 is 17.0 Å². The van der Waals surface area contributed by atoms with Crippen LogP contribution in [0.3, 0.4) is 0 Å². The third kappa shape index (κ3) is 7.70. The van der Waals surface area contributed by atoms with Gasteiger partial charge in [-0.05, 0) is 0 Å². The molecule has 0 aromatic rings. The molecule has 0 spiro atoms. The number of aliphatic hydroxyl groups excluding tert-OH is 1. The Balaban J connectivity index is 0. The highest BCUT2D eigenvalue weighted by Gasteiger charge is 2.21. The summed E-state index contributed by atoms with van der Waals surface area (Å²) in [4.78, 5) is 0. The molecule has 5 heteroatoms. The quantitative estimate of drug-likeness (QED) is 0.494. The monoisotopic (exact) mass is 271 g/mol. The Bertz CT molecular complexity index is 133. The first-order valence-electron chi connectivity index (χ1n) is 4.50. The predicted octanol–water partition coefficient (Wildman–Crippen LogP) is -3.28. The van der Waals surface area contributed by atoms with Gasteiger partial charge in [-0.2, -0.15) is 0 Å². The number of ether oxygens (including phenoxy) is 2. The van der Waals surface area contributed by atoms with Gasteiger partial charge in [0.1, 0.15) is 19.2 Å². The highest BCUT2D eigenvalue weighted by Crippen LogP contribution is 2.02. The largest absolute Gasteiger partial charge is 1.00 e. The van der Waals surface area contributed by atoms with Crippen molar-refractivity contribution in [1.29, 1.82) is 0 Å². The molecule has 1 N–H and O–H groups in total. The first-order valence-corrected chi connectivity index (χ1v) is 4.50. The van der Waals surface area contributed by atoms with E-state index in [1.165, 1.54) is 0 Å². The summed E-state index contributed by atoms with van der Waals surface area (Å²) in [5, 5.41) is 8.83. The van der Waals surface area contributed by atoms with Gasteiger partial charge in [0.25, 0.3) is 0 Å². The highest BCUT2D eigenvalue weighted by atomic mass is 79.9. The molecular formula is C9H22BrNO3. The second-order valence-corrected chi connectivity index (χ2v) is 3.88. The van der Waals surface area contributed by atoms with Crippen molar-refractivity contribution < 1.29 is 36.0 Å². The maximum atomic E-state index is 8.83. The number of likely N-dealkylation sites (N-methyl/N-ethyl adjacent to an activating group) is 1. The minimum absolute atomic E-state index is 0. The summed E-state index contributed by atoms with van der Waals surface area (Å²) in [7, 11) is 7.48. The van der Waals surface area contributed by atoms with Gasteiger partial charge in [0.15, 0.2) is 0 Å². The lowest BCUT2D eigenvalue weighted by Gasteiger charge is -2.32. The van der Waals surface area contributed by atoms with Gasteiger partial charge in [0, 0.05) is 14.2 Å². The van der Waals surface area contributed by atoms with Gasteiger partial charge in [-0.25, -0.2) is 0 Å². The van der Waals surface area contributed by atoms with E-state index >= 15 is 0 Å². The van der Waals surface area contributed by atoms with Crippen LogP contribution in [-0.4, -0.2) is 70.3 Å². The number of quaternary nitrogens is 1. The molecule has 0 amide bonds. The third-order valence-corrected chi connectivity index (χ3v) is 2.09. The lowest BCUT2D eigenvalue weighted by Crippen LogP contribution is -3.00. The summed E-state index contributed by atoms with van der Waals surface area (Å²) < 4.78 is 11.0. The molecule has 14 heavy (non-hydrogen) atoms. The molecule has 4 nitrogen and oxygen atoms in total. The fraction of sp³-hybridized carbons (Fsp3) is 1.00. The van der Waals surface area contributed by atoms with E-state index in [0.29, 0.717) is 6.61 Å². The summed E-state index contributed by atoms with van der Waals surface area (Å²) >= 11 is 0. The first-order chi connectivity index (χ1) is 6.05. The minimum Gasteiger partial charge on any atom is -1.00 e. The Morgan fingerprint density at radius 1 is 1.29 bits per heavy atom. The third-order valence-electron chi connectivity index (χ3n) is 2.09. The van der Waals surface area contributed by atoms with Crippen molar-refractivity contribution >= 4 is 0 Å². The number of hydrogen-bond acceptors (Lipinski definition) is 3. The normalized spacial score (nSPS) is 13.5. The van der Waals surface area contributed by atoms with Crippen LogP contribution in [-0.2, 0) is 9.47 Å². The van der Waals surface area contributed by atoms with Crippen LogP contribution in [0.2, 0.25) is 0 Å². The maximum absolute atomic E-state index is 8.83. The molecule has 0 aliphatic heterocycles. The summed E-state index contributed by atoms with van der Waals surface area (Å²) in [5.74, 6) is 0. The van der Waals surface area contributed by atoms with E-state index in [0.717, 1.165) is 17.6 Å². The summed E-state index contributed by atoms with van der Waals surface area (Å²) in [5.41, 5.74) is 0. The zero-order valence-corrected chi connectivity index (χ0v) is 11.1. The number of methoxy groups -OCH3 is 2. The number of nitrogens with zero attached hydrogens (tertiary/aromatic N) is 1. The maximum Gasteiger partial charge on any atom is 0.129 e. The average molecular weight is 272 g/mol. The minimum atomic E-state index is 0. The van der Waals surface area contributed by atoms with Crippen LogP contribution >= 0.6 is 0 Å². The van der Waals surface area contributed by atoms with E-state index < -0.39 is 0 Å². The van der Waals surface area contributed by atoms with E-state index in [1.807, 2.05) is 0 Å². The first kappa shape index (κ1) is 16.7. The van der Waals surface area contributed by atoms with Gasteiger partial charge in [-0.1, -0.05) is 0 Å². The average Bonchev–Trinajstić information content (AvgIpc) is 2.03. The van der Waals surface area contributed by atoms with Crippen LogP contribution in [0.25, 0.3) is 0 Å². The molecule has 0 aliphatic rings. The van der Waals surface area contributed by atoms with Gasteiger partial charge in [-0.15, -0.1) is 0 Å². The molecular weight excluding hydrogens is 250 g/mol. The topological polar surface area (TPSA) is 38.7 Å². The lowest BCUT2D eigenvalue weighted by molar-refractivity contribution is -0.893. The molecule has 88 valence electrons. The molecule has 1 atom stereocenters. The van der Waals surface area contributed by atoms with E-state index in [9.17, 15) is 0 Å². The van der Waals surface area contributed by atoms with E-state index in [-0.39, 0.29) is 29.7 Å². The Labute approximate surface area is 97.2 Å². The van der Waals surface area contributed by atoms with Crippen LogP contribution in [0.1, 0.15) is 0 Å². The van der Waals surface area contributed by atoms with Crippen LogP contribution in [0, 0.1) is 0 Å². The lowest BCUT2D eigenvalue weighted by atomic mass is 10.3. The molecule has 0 fully saturated rings. The SMILES string of the molecule is COCC(C[N+](C)(C)CCO)OC.[Br-]. The van der Waals surface area contributed by atoms with Gasteiger partial charge in [0.05, 0.1) is 27.3 Å². The number of aliphatic hydroxyl groups is 1. The zero-order chi connectivity index (χ0) is 10.3. The summed E-state index contributed by atoms with van der Waals surface area (Å²) in [6.45, 7) is 2.40.